The Morgan fingerprint density at radius 1 is 0.692 bits per heavy atom. The van der Waals surface area contributed by atoms with Crippen LogP contribution in [0, 0.1) is 0 Å². The third-order valence-corrected chi connectivity index (χ3v) is 6.03. The van der Waals surface area contributed by atoms with Crippen LogP contribution in [0.25, 0.3) is 22.4 Å². The number of hydrogen-bond donors (Lipinski definition) is 0. The van der Waals surface area contributed by atoms with E-state index in [1.807, 2.05) is 0 Å². The molecule has 0 amide bonds. The molecule has 0 atom stereocenters. The first kappa shape index (κ1) is 19.8. The molecule has 0 aliphatic carbocycles. The van der Waals surface area contributed by atoms with E-state index in [1.54, 1.807) is 36.5 Å². The highest BCUT2D eigenvalue weighted by Gasteiger charge is 2.14. The topological polar surface area (TPSA) is 30.0 Å². The van der Waals surface area contributed by atoms with Gasteiger partial charge in [0.15, 0.2) is 6.29 Å². The lowest BCUT2D eigenvalue weighted by Crippen LogP contribution is -1.93. The number of pyridine rings is 1. The summed E-state index contributed by atoms with van der Waals surface area (Å²) in [6.07, 6.45) is 2.27. The summed E-state index contributed by atoms with van der Waals surface area (Å²) in [5.74, 6) is 0. The van der Waals surface area contributed by atoms with Crippen LogP contribution in [-0.4, -0.2) is 11.3 Å². The van der Waals surface area contributed by atoms with Crippen molar-refractivity contribution in [3.8, 4) is 22.4 Å². The predicted molar refractivity (Wildman–Crippen MR) is 111 cm³/mol. The zero-order valence-electron chi connectivity index (χ0n) is 12.7. The third-order valence-electron chi connectivity index (χ3n) is 3.64. The lowest BCUT2D eigenvalue weighted by atomic mass is 10.0. The van der Waals surface area contributed by atoms with E-state index >= 15 is 0 Å². The fourth-order valence-electron chi connectivity index (χ4n) is 2.38. The van der Waals surface area contributed by atoms with Crippen LogP contribution in [0.3, 0.4) is 0 Å². The van der Waals surface area contributed by atoms with Gasteiger partial charge >= 0.3 is 0 Å². The molecule has 0 aliphatic rings. The summed E-state index contributed by atoms with van der Waals surface area (Å²) in [6, 6.07) is 8.12. The highest BCUT2D eigenvalue weighted by Crippen LogP contribution is 2.38. The molecule has 1 heterocycles. The zero-order valence-corrected chi connectivity index (χ0v) is 17.2. The Kier molecular flexibility index (Phi) is 6.03. The van der Waals surface area contributed by atoms with E-state index in [4.69, 9.17) is 69.6 Å². The van der Waals surface area contributed by atoms with Gasteiger partial charge in [-0.15, -0.1) is 0 Å². The van der Waals surface area contributed by atoms with Crippen molar-refractivity contribution in [2.75, 3.05) is 0 Å². The monoisotopic (exact) mass is 463 g/mol. The van der Waals surface area contributed by atoms with Crippen molar-refractivity contribution in [2.24, 2.45) is 0 Å². The molecule has 3 rings (SSSR count). The minimum absolute atomic E-state index is 0.250. The smallest absolute Gasteiger partial charge is 0.150 e. The van der Waals surface area contributed by atoms with Crippen molar-refractivity contribution in [1.29, 1.82) is 0 Å². The van der Waals surface area contributed by atoms with Crippen LogP contribution in [-0.2, 0) is 0 Å². The van der Waals surface area contributed by atoms with E-state index in [0.717, 1.165) is 6.29 Å². The number of carbonyl (C=O) groups is 1. The quantitative estimate of drug-likeness (QED) is 0.288. The molecule has 2 nitrogen and oxygen atoms in total. The Labute approximate surface area is 179 Å². The maximum absolute atomic E-state index is 11.6. The van der Waals surface area contributed by atoms with Gasteiger partial charge in [0.2, 0.25) is 0 Å². The number of benzene rings is 2. The first-order valence-corrected chi connectivity index (χ1v) is 9.33. The lowest BCUT2D eigenvalue weighted by Gasteiger charge is -2.10. The second kappa shape index (κ2) is 7.93. The van der Waals surface area contributed by atoms with Gasteiger partial charge in [-0.3, -0.25) is 9.78 Å². The van der Waals surface area contributed by atoms with Gasteiger partial charge in [-0.2, -0.15) is 0 Å². The minimum atomic E-state index is 0.250. The van der Waals surface area contributed by atoms with Crippen molar-refractivity contribution >= 4 is 75.9 Å². The van der Waals surface area contributed by atoms with Crippen molar-refractivity contribution in [3.63, 3.8) is 0 Å². The largest absolute Gasteiger partial charge is 0.298 e. The Balaban J connectivity index is 2.14. The molecular formula is C18H7Cl6NO. The van der Waals surface area contributed by atoms with E-state index in [-0.39, 0.29) is 20.1 Å². The molecule has 0 N–H and O–H groups in total. The van der Waals surface area contributed by atoms with Crippen LogP contribution in [0.4, 0.5) is 0 Å². The molecule has 0 aliphatic heterocycles. The Bertz CT molecular complexity index is 988. The highest BCUT2D eigenvalue weighted by atomic mass is 35.5. The normalized spacial score (nSPS) is 10.8. The van der Waals surface area contributed by atoms with Crippen molar-refractivity contribution in [2.45, 2.75) is 0 Å². The van der Waals surface area contributed by atoms with E-state index in [2.05, 4.69) is 4.98 Å². The molecule has 8 heteroatoms. The van der Waals surface area contributed by atoms with E-state index in [1.165, 1.54) is 0 Å². The summed E-state index contributed by atoms with van der Waals surface area (Å²) < 4.78 is 0. The molecule has 0 bridgehead atoms. The Morgan fingerprint density at radius 2 is 1.15 bits per heavy atom. The molecule has 0 fully saturated rings. The van der Waals surface area contributed by atoms with Gasteiger partial charge < -0.3 is 0 Å². The number of carbonyl (C=O) groups excluding carboxylic acids is 1. The van der Waals surface area contributed by atoms with Crippen LogP contribution in [0.5, 0.6) is 0 Å². The van der Waals surface area contributed by atoms with Crippen molar-refractivity contribution in [1.82, 2.24) is 4.98 Å². The van der Waals surface area contributed by atoms with Crippen LogP contribution >= 0.6 is 69.6 Å². The summed E-state index contributed by atoms with van der Waals surface area (Å²) in [5, 5.41) is 1.67. The fourth-order valence-corrected chi connectivity index (χ4v) is 3.57. The summed E-state index contributed by atoms with van der Waals surface area (Å²) in [5.41, 5.74) is 2.73. The molecule has 0 spiro atoms. The molecule has 0 saturated carbocycles. The molecule has 0 unspecified atom stereocenters. The molecule has 132 valence electrons. The second-order valence-corrected chi connectivity index (χ2v) is 7.67. The van der Waals surface area contributed by atoms with Gasteiger partial charge in [0.25, 0.3) is 0 Å². The van der Waals surface area contributed by atoms with Crippen LogP contribution in [0.15, 0.2) is 36.5 Å². The Morgan fingerprint density at radius 3 is 1.62 bits per heavy atom. The third kappa shape index (κ3) is 3.82. The van der Waals surface area contributed by atoms with Crippen molar-refractivity contribution < 1.29 is 4.79 Å². The molecule has 2 aromatic carbocycles. The van der Waals surface area contributed by atoms with E-state index < -0.39 is 0 Å². The predicted octanol–water partition coefficient (Wildman–Crippen LogP) is 8.15. The maximum atomic E-state index is 11.6. The van der Waals surface area contributed by atoms with Crippen molar-refractivity contribution in [3.05, 3.63) is 72.2 Å². The zero-order chi connectivity index (χ0) is 19.0. The molecule has 0 saturated heterocycles. The van der Waals surface area contributed by atoms with Crippen LogP contribution in [0.2, 0.25) is 30.1 Å². The average Bonchev–Trinajstić information content (AvgIpc) is 2.62. The second-order valence-electron chi connectivity index (χ2n) is 5.28. The molecule has 26 heavy (non-hydrogen) atoms. The Hall–Kier alpha value is -1.000. The van der Waals surface area contributed by atoms with Gasteiger partial charge in [0.1, 0.15) is 0 Å². The molecule has 0 radical (unpaired) electrons. The van der Waals surface area contributed by atoms with E-state index in [9.17, 15) is 4.79 Å². The fraction of sp³-hybridized carbons (Fsp3) is 0. The first-order valence-electron chi connectivity index (χ1n) is 7.07. The standard InChI is InChI=1S/C18H7Cl6NO/c19-12-1-8(2-13(20)17(12)23)11-6-25-16(5-10(11)7-26)9-3-14(21)18(24)15(22)4-9/h1-7H. The molecule has 3 aromatic rings. The lowest BCUT2D eigenvalue weighted by molar-refractivity contribution is 0.112. The molecular weight excluding hydrogens is 459 g/mol. The minimum Gasteiger partial charge on any atom is -0.298 e. The number of rotatable bonds is 3. The van der Waals surface area contributed by atoms with Crippen LogP contribution < -0.4 is 0 Å². The average molecular weight is 466 g/mol. The highest BCUT2D eigenvalue weighted by molar-refractivity contribution is 6.49. The van der Waals surface area contributed by atoms with Gasteiger partial charge in [-0.1, -0.05) is 69.6 Å². The summed E-state index contributed by atoms with van der Waals surface area (Å²) in [6.45, 7) is 0. The number of aldehydes is 1. The van der Waals surface area contributed by atoms with Gasteiger partial charge in [-0.25, -0.2) is 0 Å². The van der Waals surface area contributed by atoms with Gasteiger partial charge in [0, 0.05) is 22.9 Å². The van der Waals surface area contributed by atoms with E-state index in [0.29, 0.717) is 38.0 Å². The summed E-state index contributed by atoms with van der Waals surface area (Å²) in [4.78, 5) is 16.0. The molecule has 1 aromatic heterocycles. The SMILES string of the molecule is O=Cc1cc(-c2cc(Cl)c(Cl)c(Cl)c2)ncc1-c1cc(Cl)c(Cl)c(Cl)c1. The van der Waals surface area contributed by atoms with Gasteiger partial charge in [-0.05, 0) is 35.9 Å². The van der Waals surface area contributed by atoms with Gasteiger partial charge in [0.05, 0.1) is 35.8 Å². The summed E-state index contributed by atoms with van der Waals surface area (Å²) >= 11 is 36.2. The number of halogens is 6. The number of hydrogen-bond acceptors (Lipinski definition) is 2. The van der Waals surface area contributed by atoms with Crippen LogP contribution in [0.1, 0.15) is 10.4 Å². The number of nitrogens with zero attached hydrogens (tertiary/aromatic N) is 1. The maximum Gasteiger partial charge on any atom is 0.150 e. The first-order chi connectivity index (χ1) is 12.3. The number of aromatic nitrogens is 1. The summed E-state index contributed by atoms with van der Waals surface area (Å²) in [7, 11) is 0.